The van der Waals surface area contributed by atoms with E-state index >= 15 is 0 Å². The van der Waals surface area contributed by atoms with Gasteiger partial charge in [0.15, 0.2) is 10.3 Å². The first-order valence-corrected chi connectivity index (χ1v) is 3.17. The molecule has 0 aromatic rings. The van der Waals surface area contributed by atoms with Gasteiger partial charge in [0, 0.05) is 6.54 Å². The third kappa shape index (κ3) is 10.5. The van der Waals surface area contributed by atoms with Gasteiger partial charge in [-0.3, -0.25) is 0 Å². The van der Waals surface area contributed by atoms with Gasteiger partial charge in [0.1, 0.15) is 0 Å². The molecular weight excluding hydrogens is 157 g/mol. The Balaban J connectivity index is 0. The summed E-state index contributed by atoms with van der Waals surface area (Å²) in [6.07, 6.45) is 0. The Morgan fingerprint density at radius 3 is 2.00 bits per heavy atom. The number of nitrogens with one attached hydrogen (secondary N) is 1. The van der Waals surface area contributed by atoms with Crippen molar-refractivity contribution in [1.82, 2.24) is 4.72 Å². The third-order valence-corrected chi connectivity index (χ3v) is 0.963. The molecule has 1 N–H and O–H groups in total. The van der Waals surface area contributed by atoms with Gasteiger partial charge in [-0.25, -0.2) is 13.1 Å². The monoisotopic (exact) mass is 163 g/mol. The SMILES string of the molecule is CCNS(=O)(=O)[O-].[K+]. The van der Waals surface area contributed by atoms with Crippen LogP contribution in [0.4, 0.5) is 0 Å². The maximum absolute atomic E-state index is 9.56. The van der Waals surface area contributed by atoms with Crippen molar-refractivity contribution in [2.24, 2.45) is 0 Å². The molecule has 4 nitrogen and oxygen atoms in total. The average molecular weight is 163 g/mol. The van der Waals surface area contributed by atoms with Crippen LogP contribution in [-0.2, 0) is 10.3 Å². The summed E-state index contributed by atoms with van der Waals surface area (Å²) < 4.78 is 30.4. The summed E-state index contributed by atoms with van der Waals surface area (Å²) in [5.41, 5.74) is 0. The van der Waals surface area contributed by atoms with E-state index in [1.807, 2.05) is 0 Å². The standard InChI is InChI=1S/C2H7NO3S.K/c1-2-3-7(4,5)6;/h3H,2H2,1H3,(H,4,5,6);/q;+1/p-1. The molecule has 6 heteroatoms. The van der Waals surface area contributed by atoms with Crippen molar-refractivity contribution < 1.29 is 64.4 Å². The van der Waals surface area contributed by atoms with E-state index in [9.17, 15) is 13.0 Å². The summed E-state index contributed by atoms with van der Waals surface area (Å²) in [7, 11) is -4.17. The first-order valence-electron chi connectivity index (χ1n) is 1.76. The van der Waals surface area contributed by atoms with Gasteiger partial charge in [-0.2, -0.15) is 0 Å². The van der Waals surface area contributed by atoms with Crippen molar-refractivity contribution >= 4 is 10.3 Å². The van der Waals surface area contributed by atoms with Gasteiger partial charge < -0.3 is 4.55 Å². The molecule has 0 aromatic carbocycles. The van der Waals surface area contributed by atoms with Crippen LogP contribution in [0.3, 0.4) is 0 Å². The van der Waals surface area contributed by atoms with Crippen molar-refractivity contribution in [3.63, 3.8) is 0 Å². The molecule has 0 amide bonds. The molecule has 0 atom stereocenters. The van der Waals surface area contributed by atoms with Gasteiger partial charge in [0.05, 0.1) is 0 Å². The second-order valence-electron chi connectivity index (χ2n) is 0.952. The predicted octanol–water partition coefficient (Wildman–Crippen LogP) is -3.94. The fraction of sp³-hybridized carbons (Fsp3) is 1.00. The predicted molar refractivity (Wildman–Crippen MR) is 23.4 cm³/mol. The Bertz CT molecular complexity index is 130. The Kier molecular flexibility index (Phi) is 8.09. The summed E-state index contributed by atoms with van der Waals surface area (Å²) in [6.45, 7) is 1.70. The molecule has 0 radical (unpaired) electrons. The van der Waals surface area contributed by atoms with Gasteiger partial charge in [-0.15, -0.1) is 0 Å². The zero-order chi connectivity index (χ0) is 5.91. The summed E-state index contributed by atoms with van der Waals surface area (Å²) in [4.78, 5) is 0. The van der Waals surface area contributed by atoms with Crippen LogP contribution in [0.5, 0.6) is 0 Å². The van der Waals surface area contributed by atoms with Crippen LogP contribution in [0.1, 0.15) is 6.92 Å². The molecule has 8 heavy (non-hydrogen) atoms. The van der Waals surface area contributed by atoms with Crippen molar-refractivity contribution in [2.75, 3.05) is 6.54 Å². The van der Waals surface area contributed by atoms with E-state index in [2.05, 4.69) is 0 Å². The molecule has 0 fully saturated rings. The van der Waals surface area contributed by atoms with E-state index in [0.717, 1.165) is 0 Å². The fourth-order valence-corrected chi connectivity index (χ4v) is 0.530. The molecule has 0 heterocycles. The molecule has 0 bridgehead atoms. The van der Waals surface area contributed by atoms with Gasteiger partial charge in [-0.05, 0) is 0 Å². The fourth-order valence-electron chi connectivity index (χ4n) is 0.177. The van der Waals surface area contributed by atoms with Crippen LogP contribution in [0.2, 0.25) is 0 Å². The van der Waals surface area contributed by atoms with E-state index in [-0.39, 0.29) is 57.9 Å². The normalized spacial score (nSPS) is 10.2. The minimum absolute atomic E-state index is 0. The molecule has 0 saturated heterocycles. The number of rotatable bonds is 2. The van der Waals surface area contributed by atoms with E-state index in [1.54, 1.807) is 4.72 Å². The van der Waals surface area contributed by atoms with Crippen LogP contribution in [0.15, 0.2) is 0 Å². The zero-order valence-electron chi connectivity index (χ0n) is 4.84. The molecule has 0 spiro atoms. The third-order valence-electron chi connectivity index (χ3n) is 0.321. The summed E-state index contributed by atoms with van der Waals surface area (Å²) in [6, 6.07) is 0. The van der Waals surface area contributed by atoms with E-state index in [1.165, 1.54) is 6.92 Å². The summed E-state index contributed by atoms with van der Waals surface area (Å²) in [5, 5.41) is 0. The van der Waals surface area contributed by atoms with Crippen molar-refractivity contribution in [2.45, 2.75) is 6.92 Å². The largest absolute Gasteiger partial charge is 1.00 e. The molecule has 0 aromatic heterocycles. The first kappa shape index (κ1) is 12.2. The molecule has 0 unspecified atom stereocenters. The van der Waals surface area contributed by atoms with Gasteiger partial charge in [-0.1, -0.05) is 6.92 Å². The molecule has 0 aliphatic heterocycles. The topological polar surface area (TPSA) is 69.2 Å². The van der Waals surface area contributed by atoms with Crippen LogP contribution in [0, 0.1) is 0 Å². The van der Waals surface area contributed by atoms with Crippen LogP contribution in [-0.4, -0.2) is 19.5 Å². The summed E-state index contributed by atoms with van der Waals surface area (Å²) in [5.74, 6) is 0. The second kappa shape index (κ2) is 5.30. The smallest absolute Gasteiger partial charge is 0.735 e. The molecule has 0 rings (SSSR count). The molecule has 0 aliphatic rings. The van der Waals surface area contributed by atoms with Crippen LogP contribution < -0.4 is 56.1 Å². The minimum Gasteiger partial charge on any atom is -0.735 e. The maximum Gasteiger partial charge on any atom is 1.00 e. The van der Waals surface area contributed by atoms with Crippen LogP contribution >= 0.6 is 0 Å². The number of hydrogen-bond donors (Lipinski definition) is 1. The Morgan fingerprint density at radius 1 is 1.62 bits per heavy atom. The van der Waals surface area contributed by atoms with Gasteiger partial charge >= 0.3 is 51.4 Å². The first-order chi connectivity index (χ1) is 3.06. The van der Waals surface area contributed by atoms with Crippen molar-refractivity contribution in [1.29, 1.82) is 0 Å². The van der Waals surface area contributed by atoms with Gasteiger partial charge in [0.25, 0.3) is 0 Å². The van der Waals surface area contributed by atoms with Crippen LogP contribution in [0.25, 0.3) is 0 Å². The molecular formula is C2H6KNO3S. The van der Waals surface area contributed by atoms with E-state index < -0.39 is 10.3 Å². The molecule has 0 saturated carbocycles. The quantitative estimate of drug-likeness (QED) is 0.334. The second-order valence-corrected chi connectivity index (χ2v) is 2.15. The Labute approximate surface area is 91.3 Å². The van der Waals surface area contributed by atoms with Crippen molar-refractivity contribution in [3.8, 4) is 0 Å². The Hall–Kier alpha value is 1.51. The Morgan fingerprint density at radius 2 is 2.00 bits per heavy atom. The minimum atomic E-state index is -4.17. The van der Waals surface area contributed by atoms with E-state index in [0.29, 0.717) is 0 Å². The average Bonchev–Trinajstić information content (AvgIpc) is 1.30. The zero-order valence-corrected chi connectivity index (χ0v) is 8.78. The maximum atomic E-state index is 9.56. The molecule has 0 aliphatic carbocycles. The summed E-state index contributed by atoms with van der Waals surface area (Å²) >= 11 is 0. The number of hydrogen-bond acceptors (Lipinski definition) is 3. The van der Waals surface area contributed by atoms with Crippen molar-refractivity contribution in [3.05, 3.63) is 0 Å². The van der Waals surface area contributed by atoms with E-state index in [4.69, 9.17) is 0 Å². The molecule has 44 valence electrons. The van der Waals surface area contributed by atoms with Gasteiger partial charge in [0.2, 0.25) is 0 Å².